The highest BCUT2D eigenvalue weighted by Gasteiger charge is 2.33. The van der Waals surface area contributed by atoms with Crippen LogP contribution in [0.4, 0.5) is 13.2 Å². The normalized spacial score (nSPS) is 14.1. The number of carboxylic acids is 1. The Bertz CT molecular complexity index is 1640. The minimum atomic E-state index is -4.54. The zero-order chi connectivity index (χ0) is 30.0. The van der Waals surface area contributed by atoms with Crippen LogP contribution in [0.25, 0.3) is 16.6 Å². The summed E-state index contributed by atoms with van der Waals surface area (Å²) in [6, 6.07) is 18.4. The first-order valence-corrected chi connectivity index (χ1v) is 14.0. The van der Waals surface area contributed by atoms with Gasteiger partial charge in [0.25, 0.3) is 5.91 Å². The van der Waals surface area contributed by atoms with Crippen molar-refractivity contribution in [3.63, 3.8) is 0 Å². The summed E-state index contributed by atoms with van der Waals surface area (Å²) < 4.78 is 42.3. The number of aliphatic carboxylic acids is 1. The van der Waals surface area contributed by atoms with E-state index in [4.69, 9.17) is 16.7 Å². The second-order valence-corrected chi connectivity index (χ2v) is 11.1. The molecule has 0 unspecified atom stereocenters. The summed E-state index contributed by atoms with van der Waals surface area (Å²) in [6.07, 6.45) is -1.66. The van der Waals surface area contributed by atoms with Crippen molar-refractivity contribution in [2.24, 2.45) is 11.8 Å². The molecule has 0 bridgehead atoms. The van der Waals surface area contributed by atoms with Crippen LogP contribution in [0.2, 0.25) is 5.02 Å². The molecule has 1 amide bonds. The highest BCUT2D eigenvalue weighted by Crippen LogP contribution is 2.39. The second kappa shape index (κ2) is 12.0. The lowest BCUT2D eigenvalue weighted by molar-refractivity contribution is -0.138. The third-order valence-corrected chi connectivity index (χ3v) is 7.69. The number of amides is 1. The number of ketones is 1. The summed E-state index contributed by atoms with van der Waals surface area (Å²) >= 11 is 6.22. The van der Waals surface area contributed by atoms with Crippen LogP contribution in [-0.2, 0) is 17.4 Å². The van der Waals surface area contributed by atoms with Gasteiger partial charge in [0.05, 0.1) is 23.2 Å². The van der Waals surface area contributed by atoms with E-state index in [9.17, 15) is 27.6 Å². The van der Waals surface area contributed by atoms with E-state index in [2.05, 4.69) is 5.32 Å². The van der Waals surface area contributed by atoms with E-state index in [-0.39, 0.29) is 30.1 Å². The average Bonchev–Trinajstić information content (AvgIpc) is 3.69. The predicted octanol–water partition coefficient (Wildman–Crippen LogP) is 7.35. The van der Waals surface area contributed by atoms with Crippen LogP contribution in [-0.4, -0.2) is 33.9 Å². The number of carbonyl (C=O) groups excluding carboxylic acids is 2. The predicted molar refractivity (Wildman–Crippen MR) is 153 cm³/mol. The van der Waals surface area contributed by atoms with Gasteiger partial charge in [-0.05, 0) is 78.9 Å². The number of carbonyl (C=O) groups is 3. The lowest BCUT2D eigenvalue weighted by Crippen LogP contribution is -2.26. The van der Waals surface area contributed by atoms with Gasteiger partial charge in [0, 0.05) is 34.1 Å². The number of Topliss-reactive ketones (excluding diaryl/α,β-unsaturated/α-hetero) is 1. The summed E-state index contributed by atoms with van der Waals surface area (Å²) in [6.45, 7) is 0.0129. The fourth-order valence-electron chi connectivity index (χ4n) is 5.18. The minimum Gasteiger partial charge on any atom is -0.481 e. The van der Waals surface area contributed by atoms with Crippen LogP contribution in [0.1, 0.15) is 57.7 Å². The molecule has 6 nitrogen and oxygen atoms in total. The Kier molecular flexibility index (Phi) is 8.41. The van der Waals surface area contributed by atoms with Crippen molar-refractivity contribution >= 4 is 40.2 Å². The molecule has 10 heteroatoms. The Morgan fingerprint density at radius 2 is 1.74 bits per heavy atom. The molecule has 0 spiro atoms. The zero-order valence-electron chi connectivity index (χ0n) is 22.5. The first-order chi connectivity index (χ1) is 20.0. The molecule has 1 heterocycles. The lowest BCUT2D eigenvalue weighted by atomic mass is 9.88. The van der Waals surface area contributed by atoms with Gasteiger partial charge in [0.1, 0.15) is 0 Å². The third kappa shape index (κ3) is 6.85. The summed E-state index contributed by atoms with van der Waals surface area (Å²) in [7, 11) is 0. The van der Waals surface area contributed by atoms with Crippen LogP contribution in [0.15, 0.2) is 72.8 Å². The maximum Gasteiger partial charge on any atom is 0.416 e. The summed E-state index contributed by atoms with van der Waals surface area (Å²) in [5, 5.41) is 12.4. The van der Waals surface area contributed by atoms with Crippen LogP contribution in [0.5, 0.6) is 0 Å². The van der Waals surface area contributed by atoms with Crippen molar-refractivity contribution in [1.82, 2.24) is 9.88 Å². The number of nitrogens with zero attached hydrogens (tertiary/aromatic N) is 1. The third-order valence-electron chi connectivity index (χ3n) is 7.46. The Morgan fingerprint density at radius 3 is 2.40 bits per heavy atom. The molecule has 0 saturated heterocycles. The van der Waals surface area contributed by atoms with Gasteiger partial charge < -0.3 is 15.0 Å². The van der Waals surface area contributed by atoms with E-state index >= 15 is 0 Å². The minimum absolute atomic E-state index is 0.0129. The van der Waals surface area contributed by atoms with Gasteiger partial charge in [-0.2, -0.15) is 13.2 Å². The number of carboxylic acid groups (broad SMARTS) is 1. The van der Waals surface area contributed by atoms with Crippen LogP contribution in [0.3, 0.4) is 0 Å². The number of nitrogens with one attached hydrogen (secondary N) is 1. The molecular weight excluding hydrogens is 569 g/mol. The molecule has 0 radical (unpaired) electrons. The SMILES string of the molecule is O=C(O)CCNC(=O)c1ccc(C[C@H](CC2CC2)C(=O)c2cc3cc(Cl)ccc3n2-c2cccc(C(F)(F)F)c2)cc1. The highest BCUT2D eigenvalue weighted by atomic mass is 35.5. The van der Waals surface area contributed by atoms with E-state index in [1.165, 1.54) is 6.07 Å². The number of rotatable bonds is 11. The number of aromatic nitrogens is 1. The molecule has 42 heavy (non-hydrogen) atoms. The molecule has 5 rings (SSSR count). The molecule has 1 aliphatic carbocycles. The molecule has 1 saturated carbocycles. The van der Waals surface area contributed by atoms with Crippen LogP contribution >= 0.6 is 11.6 Å². The van der Waals surface area contributed by atoms with Gasteiger partial charge >= 0.3 is 12.1 Å². The quantitative estimate of drug-likeness (QED) is 0.177. The topological polar surface area (TPSA) is 88.4 Å². The van der Waals surface area contributed by atoms with Gasteiger partial charge in [-0.25, -0.2) is 0 Å². The molecule has 2 N–H and O–H groups in total. The molecule has 4 aromatic rings. The lowest BCUT2D eigenvalue weighted by Gasteiger charge is -2.19. The van der Waals surface area contributed by atoms with Gasteiger partial charge in [-0.3, -0.25) is 14.4 Å². The van der Waals surface area contributed by atoms with Gasteiger partial charge in [-0.1, -0.05) is 42.6 Å². The zero-order valence-corrected chi connectivity index (χ0v) is 23.2. The first kappa shape index (κ1) is 29.4. The number of hydrogen-bond donors (Lipinski definition) is 2. The first-order valence-electron chi connectivity index (χ1n) is 13.6. The fourth-order valence-corrected chi connectivity index (χ4v) is 5.36. The molecule has 218 valence electrons. The van der Waals surface area contributed by atoms with E-state index in [0.717, 1.165) is 30.5 Å². The average molecular weight is 597 g/mol. The van der Waals surface area contributed by atoms with Crippen LogP contribution < -0.4 is 5.32 Å². The number of benzene rings is 3. The van der Waals surface area contributed by atoms with Gasteiger partial charge in [-0.15, -0.1) is 0 Å². The molecular formula is C32H28ClF3N2O4. The number of halogens is 4. The van der Waals surface area contributed by atoms with E-state index < -0.39 is 29.5 Å². The van der Waals surface area contributed by atoms with Crippen molar-refractivity contribution in [2.75, 3.05) is 6.54 Å². The smallest absolute Gasteiger partial charge is 0.416 e. The molecule has 1 aliphatic rings. The van der Waals surface area contributed by atoms with E-state index in [1.54, 1.807) is 59.2 Å². The van der Waals surface area contributed by atoms with Crippen LogP contribution in [0, 0.1) is 11.8 Å². The molecule has 0 aliphatic heterocycles. The summed E-state index contributed by atoms with van der Waals surface area (Å²) in [4.78, 5) is 37.2. The molecule has 1 fully saturated rings. The largest absolute Gasteiger partial charge is 0.481 e. The monoisotopic (exact) mass is 596 g/mol. The highest BCUT2D eigenvalue weighted by molar-refractivity contribution is 6.31. The number of fused-ring (bicyclic) bond motifs is 1. The van der Waals surface area contributed by atoms with E-state index in [1.807, 2.05) is 0 Å². The van der Waals surface area contributed by atoms with Crippen molar-refractivity contribution in [2.45, 2.75) is 38.3 Å². The van der Waals surface area contributed by atoms with Crippen molar-refractivity contribution in [3.8, 4) is 5.69 Å². The Hall–Kier alpha value is -4.11. The summed E-state index contributed by atoms with van der Waals surface area (Å²) in [5.41, 5.74) is 1.48. The van der Waals surface area contributed by atoms with Gasteiger partial charge in [0.15, 0.2) is 5.78 Å². The van der Waals surface area contributed by atoms with Crippen molar-refractivity contribution in [1.29, 1.82) is 0 Å². The summed E-state index contributed by atoms with van der Waals surface area (Å²) in [5.74, 6) is -1.61. The maximum absolute atomic E-state index is 14.2. The Labute approximate surface area is 245 Å². The second-order valence-electron chi connectivity index (χ2n) is 10.7. The molecule has 3 aromatic carbocycles. The standard InChI is InChI=1S/C32H28ClF3N2O4/c33-25-10-11-27-22(16-25)17-28(38(27)26-3-1-2-24(18-26)32(34,35)36)30(41)23(14-19-4-5-19)15-20-6-8-21(9-7-20)31(42)37-13-12-29(39)40/h1-3,6-11,16-19,23H,4-5,12-15H2,(H,37,42)(H,39,40)/t23-/m0/s1. The van der Waals surface area contributed by atoms with Crippen molar-refractivity contribution in [3.05, 3.63) is 100 Å². The number of hydrogen-bond acceptors (Lipinski definition) is 3. The molecule has 1 aromatic heterocycles. The Morgan fingerprint density at radius 1 is 1.00 bits per heavy atom. The molecule has 1 atom stereocenters. The number of alkyl halides is 3. The fraction of sp³-hybridized carbons (Fsp3) is 0.281. The van der Waals surface area contributed by atoms with E-state index in [0.29, 0.717) is 40.2 Å². The maximum atomic E-state index is 14.2. The Balaban J connectivity index is 1.46. The van der Waals surface area contributed by atoms with Crippen molar-refractivity contribution < 1.29 is 32.7 Å². The van der Waals surface area contributed by atoms with Gasteiger partial charge in [0.2, 0.25) is 0 Å².